The Morgan fingerprint density at radius 2 is 1.78 bits per heavy atom. The molecule has 0 radical (unpaired) electrons. The zero-order valence-corrected chi connectivity index (χ0v) is 21.5. The van der Waals surface area contributed by atoms with Gasteiger partial charge in [-0.25, -0.2) is 9.78 Å². The lowest BCUT2D eigenvalue weighted by molar-refractivity contribution is 0.101. The molecule has 2 unspecified atom stereocenters. The van der Waals surface area contributed by atoms with Gasteiger partial charge < -0.3 is 9.64 Å². The van der Waals surface area contributed by atoms with Crippen molar-refractivity contribution in [2.45, 2.75) is 70.7 Å². The number of ether oxygens (including phenoxy) is 1. The highest BCUT2D eigenvalue weighted by Crippen LogP contribution is 2.34. The van der Waals surface area contributed by atoms with E-state index in [-0.39, 0.29) is 23.8 Å². The van der Waals surface area contributed by atoms with E-state index in [9.17, 15) is 10.1 Å². The number of pyridine rings is 1. The maximum Gasteiger partial charge on any atom is 0.349 e. The molecule has 8 heteroatoms. The van der Waals surface area contributed by atoms with Gasteiger partial charge in [0, 0.05) is 38.3 Å². The zero-order chi connectivity index (χ0) is 25.4. The average Bonchev–Trinajstić information content (AvgIpc) is 3.73. The van der Waals surface area contributed by atoms with Gasteiger partial charge in [0.25, 0.3) is 0 Å². The molecule has 1 aliphatic carbocycles. The third-order valence-corrected chi connectivity index (χ3v) is 7.69. The molecule has 0 amide bonds. The average molecular weight is 487 g/mol. The first-order valence-electron chi connectivity index (χ1n) is 13.0. The Kier molecular flexibility index (Phi) is 6.67. The Morgan fingerprint density at radius 3 is 2.42 bits per heavy atom. The van der Waals surface area contributed by atoms with Crippen molar-refractivity contribution in [3.8, 4) is 11.8 Å². The summed E-state index contributed by atoms with van der Waals surface area (Å²) >= 11 is 0. The maximum atomic E-state index is 12.8. The van der Waals surface area contributed by atoms with Crippen LogP contribution in [0.1, 0.15) is 63.8 Å². The predicted octanol–water partition coefficient (Wildman–Crippen LogP) is 4.18. The number of aryl methyl sites for hydroxylation is 1. The summed E-state index contributed by atoms with van der Waals surface area (Å²) in [4.78, 5) is 26.6. The molecule has 2 aromatic heterocycles. The van der Waals surface area contributed by atoms with Gasteiger partial charge in [-0.2, -0.15) is 10.2 Å². The van der Waals surface area contributed by atoms with Crippen LogP contribution in [0.5, 0.6) is 5.75 Å². The molecule has 1 aliphatic heterocycles. The van der Waals surface area contributed by atoms with Gasteiger partial charge >= 0.3 is 5.69 Å². The molecule has 36 heavy (non-hydrogen) atoms. The number of fused-ring (bicyclic) bond motifs is 1. The van der Waals surface area contributed by atoms with E-state index in [1.807, 2.05) is 0 Å². The Hall–Kier alpha value is -3.44. The van der Waals surface area contributed by atoms with Crippen LogP contribution < -0.4 is 15.3 Å². The molecule has 3 atom stereocenters. The Bertz CT molecular complexity index is 1340. The largest absolute Gasteiger partial charge is 0.490 e. The van der Waals surface area contributed by atoms with Gasteiger partial charge in [-0.3, -0.25) is 9.47 Å². The summed E-state index contributed by atoms with van der Waals surface area (Å²) in [6, 6.07) is 14.8. The van der Waals surface area contributed by atoms with E-state index in [1.165, 1.54) is 10.1 Å². The van der Waals surface area contributed by atoms with Crippen LogP contribution in [0, 0.1) is 11.3 Å². The molecule has 3 heterocycles. The van der Waals surface area contributed by atoms with Crippen molar-refractivity contribution in [1.82, 2.24) is 19.4 Å². The number of piperazine rings is 1. The number of hydrogen-bond donors (Lipinski definition) is 0. The molecule has 8 nitrogen and oxygen atoms in total. The van der Waals surface area contributed by atoms with Crippen molar-refractivity contribution in [3.05, 3.63) is 58.1 Å². The van der Waals surface area contributed by atoms with Crippen molar-refractivity contribution in [2.75, 3.05) is 18.0 Å². The Balaban J connectivity index is 1.46. The molecule has 1 aromatic carbocycles. The standard InChI is InChI=1S/C28H34N6O2/c1-5-21-17-34(27-26-25(32(4)28(35)31-27)14-9-20(15-29)30-26)22(6-2)16-33(21)18(3)19-7-10-23(11-8-19)36-24-12-13-24/h7-11,14,18,21-22,24H,5-6,12-13,16-17H2,1-4H3/t18?,21-,22?/m1/s1. The molecular weight excluding hydrogens is 452 g/mol. The van der Waals surface area contributed by atoms with E-state index in [2.05, 4.69) is 70.9 Å². The summed E-state index contributed by atoms with van der Waals surface area (Å²) in [6.07, 6.45) is 4.59. The van der Waals surface area contributed by atoms with E-state index >= 15 is 0 Å². The molecular formula is C28H34N6O2. The summed E-state index contributed by atoms with van der Waals surface area (Å²) < 4.78 is 7.43. The van der Waals surface area contributed by atoms with Crippen LogP contribution in [0.15, 0.2) is 41.2 Å². The molecule has 188 valence electrons. The third kappa shape index (κ3) is 4.56. The number of anilines is 1. The third-order valence-electron chi connectivity index (χ3n) is 7.69. The second kappa shape index (κ2) is 9.90. The Labute approximate surface area is 212 Å². The molecule has 2 aliphatic rings. The lowest BCUT2D eigenvalue weighted by atomic mass is 9.97. The summed E-state index contributed by atoms with van der Waals surface area (Å²) in [6.45, 7) is 8.26. The van der Waals surface area contributed by atoms with Crippen molar-refractivity contribution in [1.29, 1.82) is 5.26 Å². The second-order valence-electron chi connectivity index (χ2n) is 9.99. The fourth-order valence-electron chi connectivity index (χ4n) is 5.28. The first kappa shape index (κ1) is 24.3. The highest BCUT2D eigenvalue weighted by Gasteiger charge is 2.37. The molecule has 3 aromatic rings. The lowest BCUT2D eigenvalue weighted by Crippen LogP contribution is -2.59. The molecule has 5 rings (SSSR count). The number of rotatable bonds is 7. The van der Waals surface area contributed by atoms with Crippen LogP contribution in [-0.4, -0.2) is 50.7 Å². The van der Waals surface area contributed by atoms with Gasteiger partial charge in [0.05, 0.1) is 11.6 Å². The minimum atomic E-state index is -0.309. The van der Waals surface area contributed by atoms with Gasteiger partial charge in [-0.1, -0.05) is 26.0 Å². The van der Waals surface area contributed by atoms with E-state index in [4.69, 9.17) is 4.74 Å². The van der Waals surface area contributed by atoms with Crippen LogP contribution in [0.4, 0.5) is 5.82 Å². The highest BCUT2D eigenvalue weighted by atomic mass is 16.5. The van der Waals surface area contributed by atoms with Gasteiger partial charge in [-0.05, 0) is 62.4 Å². The first-order chi connectivity index (χ1) is 17.4. The molecule has 2 fully saturated rings. The second-order valence-corrected chi connectivity index (χ2v) is 9.99. The molecule has 1 saturated carbocycles. The van der Waals surface area contributed by atoms with Crippen LogP contribution in [-0.2, 0) is 7.05 Å². The lowest BCUT2D eigenvalue weighted by Gasteiger charge is -2.49. The maximum absolute atomic E-state index is 12.8. The van der Waals surface area contributed by atoms with E-state index < -0.39 is 0 Å². The fraction of sp³-hybridized carbons (Fsp3) is 0.500. The number of nitriles is 1. The summed E-state index contributed by atoms with van der Waals surface area (Å²) in [5.74, 6) is 1.54. The summed E-state index contributed by atoms with van der Waals surface area (Å²) in [5.41, 5.74) is 2.59. The van der Waals surface area contributed by atoms with E-state index in [0.29, 0.717) is 28.6 Å². The SMILES string of the molecule is CCC1CN(C(C)c2ccc(OC3CC3)cc2)[C@H](CC)CN1c1nc(=O)n(C)c2ccc(C#N)nc12. The van der Waals surface area contributed by atoms with Gasteiger partial charge in [0.15, 0.2) is 5.82 Å². The number of nitrogens with zero attached hydrogens (tertiary/aromatic N) is 6. The van der Waals surface area contributed by atoms with Crippen molar-refractivity contribution in [2.24, 2.45) is 7.05 Å². The van der Waals surface area contributed by atoms with Crippen LogP contribution in [0.25, 0.3) is 11.0 Å². The van der Waals surface area contributed by atoms with Crippen LogP contribution in [0.3, 0.4) is 0 Å². The molecule has 0 spiro atoms. The minimum absolute atomic E-state index is 0.170. The highest BCUT2D eigenvalue weighted by molar-refractivity contribution is 5.86. The van der Waals surface area contributed by atoms with Crippen molar-refractivity contribution < 1.29 is 4.74 Å². The van der Waals surface area contributed by atoms with Gasteiger partial charge in [0.2, 0.25) is 0 Å². The monoisotopic (exact) mass is 486 g/mol. The summed E-state index contributed by atoms with van der Waals surface area (Å²) in [7, 11) is 1.70. The van der Waals surface area contributed by atoms with E-state index in [0.717, 1.165) is 44.5 Å². The van der Waals surface area contributed by atoms with E-state index in [1.54, 1.807) is 19.2 Å². The number of benzene rings is 1. The molecule has 0 bridgehead atoms. The van der Waals surface area contributed by atoms with Crippen molar-refractivity contribution in [3.63, 3.8) is 0 Å². The zero-order valence-electron chi connectivity index (χ0n) is 21.5. The van der Waals surface area contributed by atoms with Crippen LogP contribution in [0.2, 0.25) is 0 Å². The molecule has 0 N–H and O–H groups in total. The first-order valence-corrected chi connectivity index (χ1v) is 13.0. The topological polar surface area (TPSA) is 87.3 Å². The quantitative estimate of drug-likeness (QED) is 0.495. The normalized spacial score (nSPS) is 21.4. The minimum Gasteiger partial charge on any atom is -0.490 e. The molecule has 1 saturated heterocycles. The number of hydrogen-bond acceptors (Lipinski definition) is 7. The fourth-order valence-corrected chi connectivity index (χ4v) is 5.28. The predicted molar refractivity (Wildman–Crippen MR) is 140 cm³/mol. The van der Waals surface area contributed by atoms with Gasteiger partial charge in [-0.15, -0.1) is 0 Å². The number of aromatic nitrogens is 3. The summed E-state index contributed by atoms with van der Waals surface area (Å²) in [5, 5.41) is 9.44. The van der Waals surface area contributed by atoms with Crippen LogP contribution >= 0.6 is 0 Å². The Morgan fingerprint density at radius 1 is 1.06 bits per heavy atom. The smallest absolute Gasteiger partial charge is 0.349 e. The van der Waals surface area contributed by atoms with Gasteiger partial charge in [0.1, 0.15) is 23.0 Å². The van der Waals surface area contributed by atoms with Crippen molar-refractivity contribution >= 4 is 16.9 Å².